The molecule has 2 amide bonds. The molecule has 0 N–H and O–H groups in total. The molecule has 4 rings (SSSR count). The minimum Gasteiger partial charge on any atom is -0.497 e. The van der Waals surface area contributed by atoms with Gasteiger partial charge in [-0.05, 0) is 24.3 Å². The maximum atomic E-state index is 12.9. The number of methoxy groups -OCH3 is 1. The summed E-state index contributed by atoms with van der Waals surface area (Å²) in [6.45, 7) is 2.65. The van der Waals surface area contributed by atoms with Gasteiger partial charge in [0.05, 0.1) is 38.5 Å². The Kier molecular flexibility index (Phi) is 4.23. The molecule has 0 unspecified atom stereocenters. The molecule has 7 heteroatoms. The molecule has 1 aromatic rings. The van der Waals surface area contributed by atoms with E-state index in [0.29, 0.717) is 37.7 Å². The topological polar surface area (TPSA) is 68.3 Å². The molecule has 1 spiro atoms. The molecule has 1 aromatic carbocycles. The second-order valence-corrected chi connectivity index (χ2v) is 6.63. The van der Waals surface area contributed by atoms with Crippen LogP contribution in [0.1, 0.15) is 19.3 Å². The first-order valence-corrected chi connectivity index (χ1v) is 8.65. The van der Waals surface area contributed by atoms with Gasteiger partial charge in [0, 0.05) is 25.9 Å². The fraction of sp³-hybridized carbons (Fsp3) is 0.556. The number of hydrogen-bond acceptors (Lipinski definition) is 6. The average Bonchev–Trinajstić information content (AvgIpc) is 3.21. The maximum Gasteiger partial charge on any atom is 0.251 e. The molecule has 3 fully saturated rings. The van der Waals surface area contributed by atoms with Crippen LogP contribution in [-0.2, 0) is 19.1 Å². The first kappa shape index (κ1) is 16.5. The monoisotopic (exact) mass is 346 g/mol. The highest BCUT2D eigenvalue weighted by atomic mass is 16.7. The highest BCUT2D eigenvalue weighted by Crippen LogP contribution is 2.34. The number of anilines is 1. The fourth-order valence-electron chi connectivity index (χ4n) is 3.87. The lowest BCUT2D eigenvalue weighted by Crippen LogP contribution is -2.51. The Morgan fingerprint density at radius 2 is 1.72 bits per heavy atom. The summed E-state index contributed by atoms with van der Waals surface area (Å²) in [6.07, 6.45) is 1.68. The van der Waals surface area contributed by atoms with Gasteiger partial charge in [-0.15, -0.1) is 0 Å². The Labute approximate surface area is 146 Å². The number of likely N-dealkylation sites (tertiary alicyclic amines) is 1. The summed E-state index contributed by atoms with van der Waals surface area (Å²) in [7, 11) is 1.58. The molecular weight excluding hydrogens is 324 g/mol. The van der Waals surface area contributed by atoms with Crippen molar-refractivity contribution in [3.63, 3.8) is 0 Å². The number of piperidine rings is 1. The molecule has 1 atom stereocenters. The van der Waals surface area contributed by atoms with Crippen LogP contribution in [0.5, 0.6) is 5.75 Å². The van der Waals surface area contributed by atoms with Gasteiger partial charge in [-0.25, -0.2) is 4.90 Å². The molecule has 0 aliphatic carbocycles. The molecule has 0 radical (unpaired) electrons. The summed E-state index contributed by atoms with van der Waals surface area (Å²) in [5.41, 5.74) is 0.592. The van der Waals surface area contributed by atoms with Crippen molar-refractivity contribution in [1.29, 1.82) is 0 Å². The number of carbonyl (C=O) groups is 2. The van der Waals surface area contributed by atoms with E-state index in [1.807, 2.05) is 0 Å². The Morgan fingerprint density at radius 1 is 1.08 bits per heavy atom. The summed E-state index contributed by atoms with van der Waals surface area (Å²) >= 11 is 0. The zero-order valence-electron chi connectivity index (χ0n) is 14.3. The normalized spacial score (nSPS) is 26.6. The van der Waals surface area contributed by atoms with Crippen LogP contribution in [0.4, 0.5) is 5.69 Å². The standard InChI is InChI=1S/C18H22N2O5/c1-23-14-4-2-13(3-5-14)20-16(21)12-15(17(20)22)19-8-6-18(7-9-19)24-10-11-25-18/h2-5,15H,6-12H2,1H3/t15-/m0/s1. The minimum atomic E-state index is -0.474. The van der Waals surface area contributed by atoms with Gasteiger partial charge in [0.2, 0.25) is 5.91 Å². The zero-order valence-corrected chi connectivity index (χ0v) is 14.3. The second-order valence-electron chi connectivity index (χ2n) is 6.63. The number of nitrogens with zero attached hydrogens (tertiary/aromatic N) is 2. The third kappa shape index (κ3) is 2.92. The average molecular weight is 346 g/mol. The van der Waals surface area contributed by atoms with E-state index in [4.69, 9.17) is 14.2 Å². The molecule has 0 saturated carbocycles. The number of hydrogen-bond donors (Lipinski definition) is 0. The van der Waals surface area contributed by atoms with E-state index in [9.17, 15) is 9.59 Å². The Morgan fingerprint density at radius 3 is 2.32 bits per heavy atom. The van der Waals surface area contributed by atoms with Gasteiger partial charge >= 0.3 is 0 Å². The summed E-state index contributed by atoms with van der Waals surface area (Å²) in [4.78, 5) is 28.7. The second kappa shape index (κ2) is 6.40. The first-order valence-electron chi connectivity index (χ1n) is 8.65. The van der Waals surface area contributed by atoms with Crippen LogP contribution in [0, 0.1) is 0 Å². The summed E-state index contributed by atoms with van der Waals surface area (Å²) in [6, 6.07) is 6.59. The van der Waals surface area contributed by atoms with Crippen molar-refractivity contribution < 1.29 is 23.8 Å². The van der Waals surface area contributed by atoms with Gasteiger partial charge in [0.1, 0.15) is 5.75 Å². The van der Waals surface area contributed by atoms with Crippen molar-refractivity contribution in [3.05, 3.63) is 24.3 Å². The number of ether oxygens (including phenoxy) is 3. The van der Waals surface area contributed by atoms with E-state index in [1.54, 1.807) is 31.4 Å². The predicted molar refractivity (Wildman–Crippen MR) is 89.3 cm³/mol. The molecule has 3 heterocycles. The van der Waals surface area contributed by atoms with Crippen molar-refractivity contribution in [1.82, 2.24) is 4.90 Å². The van der Waals surface area contributed by atoms with E-state index in [2.05, 4.69) is 4.90 Å². The number of amides is 2. The minimum absolute atomic E-state index is 0.153. The third-order valence-corrected chi connectivity index (χ3v) is 5.27. The van der Waals surface area contributed by atoms with Crippen LogP contribution >= 0.6 is 0 Å². The number of carbonyl (C=O) groups excluding carboxylic acids is 2. The van der Waals surface area contributed by atoms with Gasteiger partial charge in [-0.1, -0.05) is 0 Å². The van der Waals surface area contributed by atoms with Crippen LogP contribution in [-0.4, -0.2) is 62.0 Å². The van der Waals surface area contributed by atoms with Crippen molar-refractivity contribution in [2.24, 2.45) is 0 Å². The smallest absolute Gasteiger partial charge is 0.251 e. The highest BCUT2D eigenvalue weighted by molar-refractivity contribution is 6.22. The lowest BCUT2D eigenvalue weighted by molar-refractivity contribution is -0.188. The quantitative estimate of drug-likeness (QED) is 0.765. The maximum absolute atomic E-state index is 12.9. The lowest BCUT2D eigenvalue weighted by atomic mass is 10.0. The van der Waals surface area contributed by atoms with Crippen molar-refractivity contribution in [2.45, 2.75) is 31.1 Å². The van der Waals surface area contributed by atoms with E-state index in [1.165, 1.54) is 4.90 Å². The van der Waals surface area contributed by atoms with E-state index in [-0.39, 0.29) is 18.2 Å². The molecule has 3 aliphatic rings. The molecule has 7 nitrogen and oxygen atoms in total. The SMILES string of the molecule is COc1ccc(N2C(=O)C[C@H](N3CCC4(CC3)OCCO4)C2=O)cc1. The Hall–Kier alpha value is -1.96. The zero-order chi connectivity index (χ0) is 17.4. The van der Waals surface area contributed by atoms with Crippen molar-refractivity contribution in [3.8, 4) is 5.75 Å². The van der Waals surface area contributed by atoms with Crippen molar-refractivity contribution in [2.75, 3.05) is 38.3 Å². The van der Waals surface area contributed by atoms with Gasteiger partial charge < -0.3 is 14.2 Å². The molecule has 3 saturated heterocycles. The van der Waals surface area contributed by atoms with Crippen LogP contribution in [0.15, 0.2) is 24.3 Å². The van der Waals surface area contributed by atoms with Crippen LogP contribution in [0.25, 0.3) is 0 Å². The highest BCUT2D eigenvalue weighted by Gasteiger charge is 2.47. The third-order valence-electron chi connectivity index (χ3n) is 5.27. The fourth-order valence-corrected chi connectivity index (χ4v) is 3.87. The van der Waals surface area contributed by atoms with Crippen LogP contribution in [0.3, 0.4) is 0 Å². The molecular formula is C18H22N2O5. The largest absolute Gasteiger partial charge is 0.497 e. The lowest BCUT2D eigenvalue weighted by Gasteiger charge is -2.39. The molecule has 134 valence electrons. The summed E-state index contributed by atoms with van der Waals surface area (Å²) in [5, 5.41) is 0. The van der Waals surface area contributed by atoms with Crippen LogP contribution < -0.4 is 9.64 Å². The van der Waals surface area contributed by atoms with Gasteiger partial charge in [-0.2, -0.15) is 0 Å². The van der Waals surface area contributed by atoms with Crippen LogP contribution in [0.2, 0.25) is 0 Å². The number of imide groups is 1. The van der Waals surface area contributed by atoms with Gasteiger partial charge in [-0.3, -0.25) is 14.5 Å². The Balaban J connectivity index is 1.45. The predicted octanol–water partition coefficient (Wildman–Crippen LogP) is 1.17. The van der Waals surface area contributed by atoms with E-state index >= 15 is 0 Å². The molecule has 0 aromatic heterocycles. The van der Waals surface area contributed by atoms with Crippen molar-refractivity contribution >= 4 is 17.5 Å². The van der Waals surface area contributed by atoms with Gasteiger partial charge in [0.15, 0.2) is 5.79 Å². The first-order chi connectivity index (χ1) is 12.1. The summed E-state index contributed by atoms with van der Waals surface area (Å²) < 4.78 is 16.6. The molecule has 0 bridgehead atoms. The number of rotatable bonds is 3. The molecule has 25 heavy (non-hydrogen) atoms. The molecule has 3 aliphatic heterocycles. The summed E-state index contributed by atoms with van der Waals surface area (Å²) in [5.74, 6) is -0.0943. The Bertz CT molecular complexity index is 659. The van der Waals surface area contributed by atoms with Gasteiger partial charge in [0.25, 0.3) is 5.91 Å². The van der Waals surface area contributed by atoms with E-state index < -0.39 is 11.8 Å². The number of benzene rings is 1. The van der Waals surface area contributed by atoms with E-state index in [0.717, 1.165) is 12.8 Å².